The molecule has 7 nitrogen and oxygen atoms in total. The van der Waals surface area contributed by atoms with Crippen molar-refractivity contribution in [2.75, 3.05) is 31.2 Å². The molecule has 2 heterocycles. The molecule has 2 rings (SSSR count). The van der Waals surface area contributed by atoms with Crippen molar-refractivity contribution in [3.8, 4) is 0 Å². The first-order chi connectivity index (χ1) is 11.7. The zero-order valence-electron chi connectivity index (χ0n) is 13.6. The third-order valence-corrected chi connectivity index (χ3v) is 6.35. The Morgan fingerprint density at radius 2 is 1.88 bits per heavy atom. The van der Waals surface area contributed by atoms with Crippen LogP contribution in [-0.4, -0.2) is 59.3 Å². The summed E-state index contributed by atoms with van der Waals surface area (Å²) in [5.41, 5.74) is 0. The molecule has 1 fully saturated rings. The van der Waals surface area contributed by atoms with Crippen LogP contribution in [-0.2, 0) is 14.3 Å². The second-order valence-corrected chi connectivity index (χ2v) is 8.62. The van der Waals surface area contributed by atoms with Crippen molar-refractivity contribution < 1.29 is 14.3 Å². The van der Waals surface area contributed by atoms with E-state index in [4.69, 9.17) is 4.74 Å². The van der Waals surface area contributed by atoms with Crippen molar-refractivity contribution in [2.24, 2.45) is 0 Å². The van der Waals surface area contributed by atoms with Gasteiger partial charge in [0.15, 0.2) is 8.68 Å². The SMILES string of the molecule is CCCNC(=O)CSc1nnc(SCC(=O)NC[C@@H]2CCCO2)s1. The second kappa shape index (κ2) is 10.9. The maximum Gasteiger partial charge on any atom is 0.230 e. The van der Waals surface area contributed by atoms with E-state index in [2.05, 4.69) is 20.8 Å². The van der Waals surface area contributed by atoms with Crippen molar-refractivity contribution in [3.63, 3.8) is 0 Å². The Morgan fingerprint density at radius 1 is 1.21 bits per heavy atom. The van der Waals surface area contributed by atoms with Crippen molar-refractivity contribution in [1.82, 2.24) is 20.8 Å². The van der Waals surface area contributed by atoms with E-state index >= 15 is 0 Å². The molecule has 1 aliphatic heterocycles. The fraction of sp³-hybridized carbons (Fsp3) is 0.714. The van der Waals surface area contributed by atoms with Gasteiger partial charge in [0.1, 0.15) is 0 Å². The number of thioether (sulfide) groups is 2. The first-order valence-electron chi connectivity index (χ1n) is 7.91. The molecule has 0 aromatic carbocycles. The minimum atomic E-state index is -0.0288. The number of aromatic nitrogens is 2. The summed E-state index contributed by atoms with van der Waals surface area (Å²) in [5.74, 6) is 0.614. The van der Waals surface area contributed by atoms with Gasteiger partial charge in [-0.05, 0) is 19.3 Å². The van der Waals surface area contributed by atoms with Gasteiger partial charge in [-0.1, -0.05) is 41.8 Å². The standard InChI is InChI=1S/C14H22N4O3S3/c1-2-5-15-11(19)8-22-13-17-18-14(24-13)23-9-12(20)16-7-10-4-3-6-21-10/h10H,2-9H2,1H3,(H,15,19)(H,16,20)/t10-/m0/s1. The van der Waals surface area contributed by atoms with Gasteiger partial charge in [-0.2, -0.15) is 0 Å². The van der Waals surface area contributed by atoms with Crippen LogP contribution in [0.25, 0.3) is 0 Å². The summed E-state index contributed by atoms with van der Waals surface area (Å²) in [6.07, 6.45) is 3.15. The minimum absolute atomic E-state index is 0.000220. The third-order valence-electron chi connectivity index (χ3n) is 3.16. The lowest BCUT2D eigenvalue weighted by Crippen LogP contribution is -2.32. The van der Waals surface area contributed by atoms with Gasteiger partial charge in [-0.25, -0.2) is 0 Å². The van der Waals surface area contributed by atoms with Crippen molar-refractivity contribution in [3.05, 3.63) is 0 Å². The number of hydrogen-bond acceptors (Lipinski definition) is 8. The van der Waals surface area contributed by atoms with Gasteiger partial charge in [0.2, 0.25) is 11.8 Å². The Bertz CT molecular complexity index is 535. The molecule has 1 aliphatic rings. The predicted molar refractivity (Wildman–Crippen MR) is 96.6 cm³/mol. The normalized spacial score (nSPS) is 17.0. The topological polar surface area (TPSA) is 93.2 Å². The predicted octanol–water partition coefficient (Wildman–Crippen LogP) is 1.54. The molecule has 24 heavy (non-hydrogen) atoms. The highest BCUT2D eigenvalue weighted by atomic mass is 32.2. The molecule has 1 aromatic heterocycles. The van der Waals surface area contributed by atoms with E-state index in [0.29, 0.717) is 24.6 Å². The van der Waals surface area contributed by atoms with Crippen LogP contribution < -0.4 is 10.6 Å². The lowest BCUT2D eigenvalue weighted by molar-refractivity contribution is -0.119. The Kier molecular flexibility index (Phi) is 8.86. The molecule has 10 heteroatoms. The summed E-state index contributed by atoms with van der Waals surface area (Å²) >= 11 is 4.12. The second-order valence-electron chi connectivity index (χ2n) is 5.20. The minimum Gasteiger partial charge on any atom is -0.376 e. The van der Waals surface area contributed by atoms with E-state index in [1.54, 1.807) is 0 Å². The number of nitrogens with zero attached hydrogens (tertiary/aromatic N) is 2. The Balaban J connectivity index is 1.61. The lowest BCUT2D eigenvalue weighted by Gasteiger charge is -2.09. The van der Waals surface area contributed by atoms with E-state index < -0.39 is 0 Å². The van der Waals surface area contributed by atoms with Crippen LogP contribution in [0.3, 0.4) is 0 Å². The summed E-state index contributed by atoms with van der Waals surface area (Å²) in [6.45, 7) is 4.07. The van der Waals surface area contributed by atoms with Crippen LogP contribution in [0, 0.1) is 0 Å². The molecule has 1 saturated heterocycles. The molecular weight excluding hydrogens is 368 g/mol. The highest BCUT2D eigenvalue weighted by Crippen LogP contribution is 2.28. The van der Waals surface area contributed by atoms with Crippen LogP contribution in [0.2, 0.25) is 0 Å². The molecule has 1 atom stereocenters. The number of carbonyl (C=O) groups excluding carboxylic acids is 2. The monoisotopic (exact) mass is 390 g/mol. The molecule has 0 radical (unpaired) electrons. The molecule has 2 amide bonds. The van der Waals surface area contributed by atoms with Gasteiger partial charge in [0.25, 0.3) is 0 Å². The van der Waals surface area contributed by atoms with Crippen LogP contribution in [0.1, 0.15) is 26.2 Å². The third kappa shape index (κ3) is 7.37. The summed E-state index contributed by atoms with van der Waals surface area (Å²) < 4.78 is 6.94. The molecule has 2 N–H and O–H groups in total. The van der Waals surface area contributed by atoms with E-state index in [1.165, 1.54) is 34.9 Å². The molecule has 0 aliphatic carbocycles. The highest BCUT2D eigenvalue weighted by molar-refractivity contribution is 8.03. The first kappa shape index (κ1) is 19.5. The molecule has 0 bridgehead atoms. The van der Waals surface area contributed by atoms with E-state index in [9.17, 15) is 9.59 Å². The molecule has 0 unspecified atom stereocenters. The van der Waals surface area contributed by atoms with Gasteiger partial charge in [0, 0.05) is 19.7 Å². The summed E-state index contributed by atoms with van der Waals surface area (Å²) in [7, 11) is 0. The Morgan fingerprint density at radius 3 is 2.46 bits per heavy atom. The Labute approximate surface area is 154 Å². The first-order valence-corrected chi connectivity index (χ1v) is 10.7. The van der Waals surface area contributed by atoms with Crippen molar-refractivity contribution in [2.45, 2.75) is 41.0 Å². The molecule has 0 saturated carbocycles. The highest BCUT2D eigenvalue weighted by Gasteiger charge is 2.16. The number of nitrogens with one attached hydrogen (secondary N) is 2. The van der Waals surface area contributed by atoms with Gasteiger partial charge in [-0.3, -0.25) is 9.59 Å². The summed E-state index contributed by atoms with van der Waals surface area (Å²) in [5, 5.41) is 13.8. The maximum absolute atomic E-state index is 11.8. The van der Waals surface area contributed by atoms with E-state index in [0.717, 1.165) is 34.5 Å². The molecule has 134 valence electrons. The zero-order chi connectivity index (χ0) is 17.2. The molecule has 1 aromatic rings. The average Bonchev–Trinajstić information content (AvgIpc) is 3.26. The van der Waals surface area contributed by atoms with Crippen LogP contribution in [0.4, 0.5) is 0 Å². The fourth-order valence-electron chi connectivity index (χ4n) is 1.97. The zero-order valence-corrected chi connectivity index (χ0v) is 16.0. The largest absolute Gasteiger partial charge is 0.376 e. The summed E-state index contributed by atoms with van der Waals surface area (Å²) in [4.78, 5) is 23.3. The molecular formula is C14H22N4O3S3. The lowest BCUT2D eigenvalue weighted by atomic mass is 10.2. The van der Waals surface area contributed by atoms with Gasteiger partial charge < -0.3 is 15.4 Å². The van der Waals surface area contributed by atoms with Gasteiger partial charge in [0.05, 0.1) is 17.6 Å². The van der Waals surface area contributed by atoms with Gasteiger partial charge in [-0.15, -0.1) is 10.2 Å². The number of rotatable bonds is 10. The smallest absolute Gasteiger partial charge is 0.230 e. The van der Waals surface area contributed by atoms with Crippen molar-refractivity contribution >= 4 is 46.7 Å². The summed E-state index contributed by atoms with van der Waals surface area (Å²) in [6, 6.07) is 0. The number of carbonyl (C=O) groups is 2. The van der Waals surface area contributed by atoms with Crippen LogP contribution in [0.15, 0.2) is 8.68 Å². The van der Waals surface area contributed by atoms with Crippen molar-refractivity contribution in [1.29, 1.82) is 0 Å². The number of ether oxygens (including phenoxy) is 1. The van der Waals surface area contributed by atoms with E-state index in [1.807, 2.05) is 6.92 Å². The average molecular weight is 391 g/mol. The maximum atomic E-state index is 11.8. The van der Waals surface area contributed by atoms with Crippen LogP contribution >= 0.6 is 34.9 Å². The van der Waals surface area contributed by atoms with E-state index in [-0.39, 0.29) is 17.9 Å². The van der Waals surface area contributed by atoms with Gasteiger partial charge >= 0.3 is 0 Å². The Hall–Kier alpha value is -0.840. The number of hydrogen-bond donors (Lipinski definition) is 2. The van der Waals surface area contributed by atoms with Crippen LogP contribution in [0.5, 0.6) is 0 Å². The number of amides is 2. The molecule has 0 spiro atoms. The quantitative estimate of drug-likeness (QED) is 0.585. The fourth-order valence-corrected chi connectivity index (χ4v) is 4.65.